The second-order valence-electron chi connectivity index (χ2n) is 7.15. The average molecular weight is 458 g/mol. The summed E-state index contributed by atoms with van der Waals surface area (Å²) in [5.74, 6) is 0.806. The van der Waals surface area contributed by atoms with Crippen LogP contribution in [0.1, 0.15) is 5.56 Å². The van der Waals surface area contributed by atoms with E-state index in [1.807, 2.05) is 35.7 Å². The molecule has 3 aromatic carbocycles. The molecular weight excluding hydrogens is 440 g/mol. The Bertz CT molecular complexity index is 1420. The molecule has 1 aliphatic rings. The van der Waals surface area contributed by atoms with Crippen LogP contribution in [0, 0.1) is 10.1 Å². The summed E-state index contributed by atoms with van der Waals surface area (Å²) in [5, 5.41) is 18.1. The molecule has 5 rings (SSSR count). The standard InChI is InChI=1S/C24H18N4O4S/c1-25-24-27(26-13-19-11-22-23(32-15-31-22)12-20(19)28(29)30)21(14-33-24)18-9-7-17(8-10-18)16-5-3-2-4-6-16/h2-14H,15H2,1H3. The summed E-state index contributed by atoms with van der Waals surface area (Å²) in [5.41, 5.74) is 4.25. The molecule has 0 saturated carbocycles. The van der Waals surface area contributed by atoms with Crippen molar-refractivity contribution in [2.24, 2.45) is 10.1 Å². The third-order valence-electron chi connectivity index (χ3n) is 5.20. The van der Waals surface area contributed by atoms with Gasteiger partial charge in [-0.15, -0.1) is 11.3 Å². The molecule has 0 atom stereocenters. The van der Waals surface area contributed by atoms with Gasteiger partial charge in [0.1, 0.15) is 0 Å². The Hall–Kier alpha value is -4.24. The summed E-state index contributed by atoms with van der Waals surface area (Å²) in [6, 6.07) is 21.2. The van der Waals surface area contributed by atoms with Crippen LogP contribution in [-0.2, 0) is 0 Å². The Labute approximate surface area is 192 Å². The summed E-state index contributed by atoms with van der Waals surface area (Å²) in [7, 11) is 1.68. The zero-order valence-corrected chi connectivity index (χ0v) is 18.4. The fourth-order valence-corrected chi connectivity index (χ4v) is 4.36. The van der Waals surface area contributed by atoms with Crippen LogP contribution in [0.3, 0.4) is 0 Å². The van der Waals surface area contributed by atoms with Gasteiger partial charge in [0.15, 0.2) is 11.5 Å². The lowest BCUT2D eigenvalue weighted by molar-refractivity contribution is -0.385. The van der Waals surface area contributed by atoms with Gasteiger partial charge in [0, 0.05) is 18.0 Å². The lowest BCUT2D eigenvalue weighted by Crippen LogP contribution is -2.11. The van der Waals surface area contributed by atoms with E-state index in [4.69, 9.17) is 9.47 Å². The summed E-state index contributed by atoms with van der Waals surface area (Å²) in [6.07, 6.45) is 1.45. The van der Waals surface area contributed by atoms with Crippen molar-refractivity contribution in [3.63, 3.8) is 0 Å². The second kappa shape index (κ2) is 8.71. The number of nitrogens with zero attached hydrogens (tertiary/aromatic N) is 4. The van der Waals surface area contributed by atoms with Crippen molar-refractivity contribution in [3.05, 3.63) is 92.6 Å². The Kier molecular flexibility index (Phi) is 5.45. The van der Waals surface area contributed by atoms with Crippen molar-refractivity contribution in [1.29, 1.82) is 0 Å². The number of aromatic nitrogens is 1. The van der Waals surface area contributed by atoms with E-state index in [0.29, 0.717) is 21.9 Å². The van der Waals surface area contributed by atoms with Crippen LogP contribution in [0.5, 0.6) is 11.5 Å². The number of ether oxygens (including phenoxy) is 2. The quantitative estimate of drug-likeness (QED) is 0.241. The summed E-state index contributed by atoms with van der Waals surface area (Å²) in [6.45, 7) is 0.0361. The molecule has 33 heavy (non-hydrogen) atoms. The number of hydrogen-bond acceptors (Lipinski definition) is 7. The van der Waals surface area contributed by atoms with Gasteiger partial charge in [0.05, 0.1) is 28.5 Å². The molecule has 1 aliphatic heterocycles. The molecule has 9 heteroatoms. The summed E-state index contributed by atoms with van der Waals surface area (Å²) >= 11 is 1.44. The molecule has 2 heterocycles. The summed E-state index contributed by atoms with van der Waals surface area (Å²) in [4.78, 5) is 16.1. The van der Waals surface area contributed by atoms with Crippen molar-refractivity contribution >= 4 is 23.2 Å². The van der Waals surface area contributed by atoms with Gasteiger partial charge in [0.25, 0.3) is 5.69 Å². The Morgan fingerprint density at radius 1 is 1.00 bits per heavy atom. The molecule has 0 spiro atoms. The molecule has 0 fully saturated rings. The largest absolute Gasteiger partial charge is 0.454 e. The molecular formula is C24H18N4O4S. The third kappa shape index (κ3) is 4.01. The van der Waals surface area contributed by atoms with Crippen LogP contribution >= 0.6 is 11.3 Å². The fraction of sp³-hybridized carbons (Fsp3) is 0.0833. The van der Waals surface area contributed by atoms with Crippen molar-refractivity contribution < 1.29 is 14.4 Å². The van der Waals surface area contributed by atoms with Gasteiger partial charge in [-0.2, -0.15) is 5.10 Å². The van der Waals surface area contributed by atoms with E-state index in [1.54, 1.807) is 17.8 Å². The van der Waals surface area contributed by atoms with Crippen molar-refractivity contribution in [1.82, 2.24) is 4.68 Å². The highest BCUT2D eigenvalue weighted by Crippen LogP contribution is 2.37. The predicted molar refractivity (Wildman–Crippen MR) is 127 cm³/mol. The number of rotatable bonds is 5. The molecule has 0 bridgehead atoms. The molecule has 164 valence electrons. The number of nitro benzene ring substituents is 1. The van der Waals surface area contributed by atoms with Gasteiger partial charge in [-0.25, -0.2) is 4.68 Å². The first kappa shape index (κ1) is 20.7. The van der Waals surface area contributed by atoms with Gasteiger partial charge < -0.3 is 9.47 Å². The Morgan fingerprint density at radius 3 is 2.36 bits per heavy atom. The highest BCUT2D eigenvalue weighted by molar-refractivity contribution is 7.07. The lowest BCUT2D eigenvalue weighted by Gasteiger charge is -2.06. The number of nitro groups is 1. The van der Waals surface area contributed by atoms with E-state index in [0.717, 1.165) is 22.4 Å². The van der Waals surface area contributed by atoms with Gasteiger partial charge in [-0.3, -0.25) is 15.1 Å². The van der Waals surface area contributed by atoms with Crippen LogP contribution < -0.4 is 14.3 Å². The second-order valence-corrected chi connectivity index (χ2v) is 7.98. The normalized spacial score (nSPS) is 13.1. The van der Waals surface area contributed by atoms with Gasteiger partial charge in [-0.1, -0.05) is 54.6 Å². The Balaban J connectivity index is 1.53. The molecule has 0 unspecified atom stereocenters. The molecule has 4 aromatic rings. The molecule has 0 saturated heterocycles. The van der Waals surface area contributed by atoms with Crippen LogP contribution in [0.2, 0.25) is 0 Å². The van der Waals surface area contributed by atoms with E-state index >= 15 is 0 Å². The molecule has 0 aliphatic carbocycles. The lowest BCUT2D eigenvalue weighted by atomic mass is 10.0. The fourth-order valence-electron chi connectivity index (χ4n) is 3.55. The summed E-state index contributed by atoms with van der Waals surface area (Å²) < 4.78 is 12.3. The van der Waals surface area contributed by atoms with Crippen molar-refractivity contribution in [3.8, 4) is 33.9 Å². The zero-order valence-electron chi connectivity index (χ0n) is 17.5. The molecule has 0 N–H and O–H groups in total. The van der Waals surface area contributed by atoms with Crippen LogP contribution in [0.4, 0.5) is 5.69 Å². The number of fused-ring (bicyclic) bond motifs is 1. The van der Waals surface area contributed by atoms with Crippen LogP contribution in [0.25, 0.3) is 22.4 Å². The average Bonchev–Trinajstić information content (AvgIpc) is 3.48. The van der Waals surface area contributed by atoms with Crippen molar-refractivity contribution in [2.75, 3.05) is 13.8 Å². The molecule has 0 amide bonds. The minimum atomic E-state index is -0.462. The Morgan fingerprint density at radius 2 is 1.67 bits per heavy atom. The van der Waals surface area contributed by atoms with Gasteiger partial charge in [-0.05, 0) is 17.2 Å². The maximum Gasteiger partial charge on any atom is 0.282 e. The highest BCUT2D eigenvalue weighted by atomic mass is 32.1. The van der Waals surface area contributed by atoms with Crippen molar-refractivity contribution in [2.45, 2.75) is 0 Å². The smallest absolute Gasteiger partial charge is 0.282 e. The van der Waals surface area contributed by atoms with E-state index in [9.17, 15) is 10.1 Å². The molecule has 1 aromatic heterocycles. The number of benzene rings is 3. The zero-order chi connectivity index (χ0) is 22.8. The monoisotopic (exact) mass is 458 g/mol. The maximum atomic E-state index is 11.6. The molecule has 8 nitrogen and oxygen atoms in total. The predicted octanol–water partition coefficient (Wildman–Crippen LogP) is 4.93. The minimum absolute atomic E-state index is 0.0361. The first-order valence-electron chi connectivity index (χ1n) is 10.1. The van der Waals surface area contributed by atoms with Crippen LogP contribution in [0.15, 0.2) is 82.2 Å². The van der Waals surface area contributed by atoms with Gasteiger partial charge in [0.2, 0.25) is 11.6 Å². The first-order valence-corrected chi connectivity index (χ1v) is 10.9. The number of hydrogen-bond donors (Lipinski definition) is 0. The maximum absolute atomic E-state index is 11.6. The molecule has 0 radical (unpaired) electrons. The van der Waals surface area contributed by atoms with Crippen LogP contribution in [-0.4, -0.2) is 29.7 Å². The van der Waals surface area contributed by atoms with E-state index in [-0.39, 0.29) is 12.5 Å². The van der Waals surface area contributed by atoms with E-state index in [2.05, 4.69) is 34.4 Å². The minimum Gasteiger partial charge on any atom is -0.454 e. The van der Waals surface area contributed by atoms with E-state index in [1.165, 1.54) is 23.6 Å². The van der Waals surface area contributed by atoms with E-state index < -0.39 is 4.92 Å². The highest BCUT2D eigenvalue weighted by Gasteiger charge is 2.22. The van der Waals surface area contributed by atoms with Gasteiger partial charge >= 0.3 is 0 Å². The third-order valence-corrected chi connectivity index (χ3v) is 6.10. The topological polar surface area (TPSA) is 91.2 Å². The SMILES string of the molecule is CN=c1scc(-c2ccc(-c3ccccc3)cc2)n1N=Cc1cc2c(cc1[N+](=O)[O-])OCO2. The number of thiazole rings is 1. The first-order chi connectivity index (χ1) is 16.1.